The number of rotatable bonds is 9. The molecule has 5 heterocycles. The van der Waals surface area contributed by atoms with E-state index in [1.807, 2.05) is 0 Å². The van der Waals surface area contributed by atoms with Crippen molar-refractivity contribution < 1.29 is 93.8 Å². The molecule has 0 aromatic rings. The average molecular weight is 917 g/mol. The Morgan fingerprint density at radius 3 is 1.83 bits per heavy atom. The first-order valence-corrected chi connectivity index (χ1v) is 23.8. The van der Waals surface area contributed by atoms with E-state index in [0.717, 1.165) is 38.5 Å². The molecule has 0 radical (unpaired) electrons. The molecule has 5 aliphatic heterocycles. The molecule has 9 aliphatic rings. The zero-order chi connectivity index (χ0) is 45.8. The number of hydrogen-bond acceptors (Lipinski definition) is 19. The summed E-state index contributed by atoms with van der Waals surface area (Å²) < 4.78 is 49.8. The molecule has 9 fully saturated rings. The van der Waals surface area contributed by atoms with Crippen LogP contribution in [0.15, 0.2) is 0 Å². The van der Waals surface area contributed by atoms with Crippen LogP contribution in [0.3, 0.4) is 0 Å². The Hall–Kier alpha value is -1.05. The summed E-state index contributed by atoms with van der Waals surface area (Å²) in [7, 11) is 0. The summed E-state index contributed by atoms with van der Waals surface area (Å²) in [5.41, 5.74) is -0.660. The van der Waals surface area contributed by atoms with Gasteiger partial charge >= 0.3 is 0 Å². The summed E-state index contributed by atoms with van der Waals surface area (Å²) in [5.74, 6) is 1.32. The van der Waals surface area contributed by atoms with Crippen LogP contribution in [0.5, 0.6) is 0 Å². The minimum absolute atomic E-state index is 0.0146. The quantitative estimate of drug-likeness (QED) is 0.117. The summed E-state index contributed by atoms with van der Waals surface area (Å²) in [4.78, 5) is 14.7. The highest BCUT2D eigenvalue weighted by Gasteiger charge is 2.72. The lowest BCUT2D eigenvalue weighted by atomic mass is 9.44. The second-order valence-electron chi connectivity index (χ2n) is 21.4. The SMILES string of the molecule is CC1CCC2(OC1)OC1CC3C4CCC5CC(OC6OC(CO)C(O)C(OC7OC(CO)C(O)C(O)C7O)C6OC6OC(CO)C(O)C(O)C6O)CCC5(C)C4CC(=O)C3(C)C1C2C. The van der Waals surface area contributed by atoms with Gasteiger partial charge in [0.05, 0.1) is 38.6 Å². The Bertz CT molecular complexity index is 1650. The maximum atomic E-state index is 14.7. The molecular formula is C45H72O19. The lowest BCUT2D eigenvalue weighted by Crippen LogP contribution is -2.67. The van der Waals surface area contributed by atoms with E-state index in [0.29, 0.717) is 43.5 Å². The molecule has 4 saturated carbocycles. The smallest absolute Gasteiger partial charge is 0.187 e. The largest absolute Gasteiger partial charge is 0.394 e. The van der Waals surface area contributed by atoms with Crippen molar-refractivity contribution in [1.29, 1.82) is 0 Å². The van der Waals surface area contributed by atoms with Crippen molar-refractivity contribution in [2.24, 2.45) is 52.3 Å². The zero-order valence-corrected chi connectivity index (χ0v) is 37.2. The van der Waals surface area contributed by atoms with Crippen LogP contribution < -0.4 is 0 Å². The number of ketones is 1. The first-order valence-electron chi connectivity index (χ1n) is 23.8. The molecule has 1 spiro atoms. The number of carbonyl (C=O) groups is 1. The number of aliphatic hydroxyl groups excluding tert-OH is 10. The van der Waals surface area contributed by atoms with Gasteiger partial charge in [-0.25, -0.2) is 0 Å². The van der Waals surface area contributed by atoms with Crippen LogP contribution in [0, 0.1) is 52.3 Å². The lowest BCUT2D eigenvalue weighted by molar-refractivity contribution is -0.396. The van der Waals surface area contributed by atoms with Gasteiger partial charge in [-0.3, -0.25) is 4.79 Å². The molecule has 366 valence electrons. The Labute approximate surface area is 373 Å². The molecule has 10 N–H and O–H groups in total. The van der Waals surface area contributed by atoms with Crippen LogP contribution in [0.25, 0.3) is 0 Å². The third-order valence-corrected chi connectivity index (χ3v) is 18.2. The van der Waals surface area contributed by atoms with Crippen LogP contribution in [0.2, 0.25) is 0 Å². The molecule has 0 aromatic carbocycles. The van der Waals surface area contributed by atoms with Gasteiger partial charge in [-0.05, 0) is 80.0 Å². The summed E-state index contributed by atoms with van der Waals surface area (Å²) in [6.45, 7) is 7.37. The van der Waals surface area contributed by atoms with Crippen molar-refractivity contribution in [2.45, 2.75) is 196 Å². The van der Waals surface area contributed by atoms with Crippen molar-refractivity contribution >= 4 is 5.78 Å². The molecular weight excluding hydrogens is 844 g/mol. The molecule has 0 amide bonds. The Balaban J connectivity index is 0.937. The fourth-order valence-electron chi connectivity index (χ4n) is 14.3. The van der Waals surface area contributed by atoms with Gasteiger partial charge in [0.2, 0.25) is 0 Å². The van der Waals surface area contributed by atoms with E-state index in [2.05, 4.69) is 27.7 Å². The molecule has 19 nitrogen and oxygen atoms in total. The van der Waals surface area contributed by atoms with Gasteiger partial charge in [0, 0.05) is 30.1 Å². The Kier molecular flexibility index (Phi) is 13.5. The molecule has 9 rings (SSSR count). The molecule has 0 aromatic heterocycles. The van der Waals surface area contributed by atoms with E-state index in [-0.39, 0.29) is 41.1 Å². The topological polar surface area (TPSA) is 293 Å². The minimum atomic E-state index is -1.89. The molecule has 27 unspecified atom stereocenters. The summed E-state index contributed by atoms with van der Waals surface area (Å²) in [6.07, 6.45) is -18.4. The van der Waals surface area contributed by atoms with Crippen molar-refractivity contribution in [3.63, 3.8) is 0 Å². The first kappa shape index (κ1) is 48.0. The van der Waals surface area contributed by atoms with Gasteiger partial charge in [0.25, 0.3) is 0 Å². The molecule has 19 heteroatoms. The normalized spacial score (nSPS) is 57.5. The highest BCUT2D eigenvalue weighted by molar-refractivity contribution is 5.87. The van der Waals surface area contributed by atoms with Crippen LogP contribution in [0.4, 0.5) is 0 Å². The van der Waals surface area contributed by atoms with Gasteiger partial charge in [-0.15, -0.1) is 0 Å². The van der Waals surface area contributed by atoms with Crippen LogP contribution >= 0.6 is 0 Å². The predicted molar refractivity (Wildman–Crippen MR) is 216 cm³/mol. The van der Waals surface area contributed by atoms with Gasteiger partial charge in [0.15, 0.2) is 24.7 Å². The van der Waals surface area contributed by atoms with Gasteiger partial charge in [-0.1, -0.05) is 27.7 Å². The highest BCUT2D eigenvalue weighted by atomic mass is 16.8. The fraction of sp³-hybridized carbons (Fsp3) is 0.978. The van der Waals surface area contributed by atoms with E-state index in [4.69, 9.17) is 37.9 Å². The third-order valence-electron chi connectivity index (χ3n) is 18.2. The van der Waals surface area contributed by atoms with Crippen molar-refractivity contribution in [3.8, 4) is 0 Å². The van der Waals surface area contributed by atoms with E-state index in [1.54, 1.807) is 0 Å². The summed E-state index contributed by atoms with van der Waals surface area (Å²) in [5, 5.41) is 106. The van der Waals surface area contributed by atoms with E-state index < -0.39 is 129 Å². The lowest BCUT2D eigenvalue weighted by Gasteiger charge is -2.61. The number of ether oxygens (including phenoxy) is 8. The van der Waals surface area contributed by atoms with Crippen LogP contribution in [0.1, 0.15) is 85.5 Å². The van der Waals surface area contributed by atoms with E-state index in [1.165, 1.54) is 0 Å². The van der Waals surface area contributed by atoms with Crippen molar-refractivity contribution in [3.05, 3.63) is 0 Å². The van der Waals surface area contributed by atoms with E-state index >= 15 is 0 Å². The van der Waals surface area contributed by atoms with E-state index in [9.17, 15) is 55.9 Å². The average Bonchev–Trinajstić information content (AvgIpc) is 3.73. The number of fused-ring (bicyclic) bond motifs is 7. The Morgan fingerprint density at radius 1 is 0.641 bits per heavy atom. The van der Waals surface area contributed by atoms with Crippen molar-refractivity contribution in [2.75, 3.05) is 26.4 Å². The first-order chi connectivity index (χ1) is 30.4. The van der Waals surface area contributed by atoms with Crippen LogP contribution in [-0.2, 0) is 42.7 Å². The predicted octanol–water partition coefficient (Wildman–Crippen LogP) is -1.55. The molecule has 64 heavy (non-hydrogen) atoms. The fourth-order valence-corrected chi connectivity index (χ4v) is 14.3. The molecule has 27 atom stereocenters. The van der Waals surface area contributed by atoms with Crippen LogP contribution in [-0.4, -0.2) is 193 Å². The third kappa shape index (κ3) is 7.67. The monoisotopic (exact) mass is 916 g/mol. The number of Topliss-reactive ketones (excluding diaryl/α,β-unsaturated/α-hetero) is 1. The highest BCUT2D eigenvalue weighted by Crippen LogP contribution is 2.70. The molecule has 0 bridgehead atoms. The maximum Gasteiger partial charge on any atom is 0.187 e. The minimum Gasteiger partial charge on any atom is -0.394 e. The second kappa shape index (κ2) is 18.0. The van der Waals surface area contributed by atoms with Gasteiger partial charge in [0.1, 0.15) is 79.0 Å². The number of hydrogen-bond donors (Lipinski definition) is 10. The number of aliphatic hydroxyl groups is 10. The second-order valence-corrected chi connectivity index (χ2v) is 21.4. The van der Waals surface area contributed by atoms with Crippen molar-refractivity contribution in [1.82, 2.24) is 0 Å². The Morgan fingerprint density at radius 2 is 1.23 bits per heavy atom. The standard InChI is InChI=1S/C45H72O19/c1-18-7-10-45(57-17-18)19(2)30-25(64-45)12-24-22-6-5-20-11-21(8-9-43(20,3)23(22)13-29(49)44(24,30)4)58-42-39(63-41-37(56)35(54)32(51)27(15-47)60-41)38(33(52)28(16-48)61-42)62-40-36(55)34(53)31(50)26(14-46)59-40/h18-28,30-42,46-48,50-56H,5-17H2,1-4H3. The summed E-state index contributed by atoms with van der Waals surface area (Å²) >= 11 is 0. The summed E-state index contributed by atoms with van der Waals surface area (Å²) in [6, 6.07) is 0. The molecule has 4 aliphatic carbocycles. The van der Waals surface area contributed by atoms with Gasteiger partial charge in [-0.2, -0.15) is 0 Å². The van der Waals surface area contributed by atoms with Gasteiger partial charge < -0.3 is 89.0 Å². The number of carbonyl (C=O) groups excluding carboxylic acids is 1. The zero-order valence-electron chi connectivity index (χ0n) is 37.2. The molecule has 5 saturated heterocycles. The maximum absolute atomic E-state index is 14.7.